The molecule has 2 N–H and O–H groups in total. The molecule has 1 amide bonds. The van der Waals surface area contributed by atoms with Crippen LogP contribution in [0.4, 0.5) is 0 Å². The summed E-state index contributed by atoms with van der Waals surface area (Å²) in [5.41, 5.74) is 7.85. The standard InChI is InChI=1S/C25H24N2O5/c1-30-22-13-7-2-8-17(22)14-26-23(28)15-31-24(29)16-32-27-25-20-11-5-3-9-18(20)19-10-4-6-12-21(19)25/h2-13,18,27H,14-16H2,1H3,(H,26,28)/t18-/m0/s1. The van der Waals surface area contributed by atoms with Gasteiger partial charge in [-0.3, -0.25) is 15.1 Å². The van der Waals surface area contributed by atoms with Gasteiger partial charge in [-0.1, -0.05) is 66.8 Å². The quantitative estimate of drug-likeness (QED) is 0.468. The zero-order valence-electron chi connectivity index (χ0n) is 17.7. The topological polar surface area (TPSA) is 85.9 Å². The molecule has 2 aliphatic rings. The third-order valence-corrected chi connectivity index (χ3v) is 5.28. The van der Waals surface area contributed by atoms with Gasteiger partial charge in [-0.05, 0) is 17.2 Å². The van der Waals surface area contributed by atoms with Crippen molar-refractivity contribution >= 4 is 17.6 Å². The molecule has 7 heteroatoms. The Hall–Kier alpha value is -3.84. The first-order chi connectivity index (χ1) is 15.7. The number of rotatable bonds is 9. The number of benzene rings is 2. The normalized spacial score (nSPS) is 15.7. The molecule has 0 aliphatic heterocycles. The van der Waals surface area contributed by atoms with E-state index in [4.69, 9.17) is 14.3 Å². The van der Waals surface area contributed by atoms with Crippen molar-refractivity contribution in [1.29, 1.82) is 0 Å². The number of amides is 1. The van der Waals surface area contributed by atoms with Gasteiger partial charge in [-0.15, -0.1) is 0 Å². The fourth-order valence-electron chi connectivity index (χ4n) is 3.77. The maximum atomic E-state index is 12.0. The number of carbonyl (C=O) groups excluding carboxylic acids is 2. The van der Waals surface area contributed by atoms with Gasteiger partial charge in [0, 0.05) is 23.6 Å². The number of ether oxygens (including phenoxy) is 2. The van der Waals surface area contributed by atoms with E-state index in [2.05, 4.69) is 22.9 Å². The highest BCUT2D eigenvalue weighted by Crippen LogP contribution is 2.43. The Morgan fingerprint density at radius 1 is 1.00 bits per heavy atom. The van der Waals surface area contributed by atoms with Gasteiger partial charge in [0.2, 0.25) is 0 Å². The predicted molar refractivity (Wildman–Crippen MR) is 119 cm³/mol. The van der Waals surface area contributed by atoms with Crippen LogP contribution in [0.5, 0.6) is 5.75 Å². The lowest BCUT2D eigenvalue weighted by molar-refractivity contribution is -0.154. The average molecular weight is 432 g/mol. The van der Waals surface area contributed by atoms with Gasteiger partial charge < -0.3 is 14.8 Å². The Bertz CT molecular complexity index is 1100. The van der Waals surface area contributed by atoms with E-state index < -0.39 is 11.9 Å². The van der Waals surface area contributed by atoms with Gasteiger partial charge in [-0.25, -0.2) is 4.79 Å². The van der Waals surface area contributed by atoms with Crippen LogP contribution in [0, 0.1) is 0 Å². The molecule has 2 aromatic rings. The van der Waals surface area contributed by atoms with Crippen molar-refractivity contribution < 1.29 is 23.9 Å². The first-order valence-corrected chi connectivity index (χ1v) is 10.3. The third-order valence-electron chi connectivity index (χ3n) is 5.28. The minimum absolute atomic E-state index is 0.168. The predicted octanol–water partition coefficient (Wildman–Crippen LogP) is 3.01. The molecular weight excluding hydrogens is 408 g/mol. The Kier molecular flexibility index (Phi) is 6.67. The molecule has 2 aromatic carbocycles. The number of fused-ring (bicyclic) bond motifs is 3. The number of carbonyl (C=O) groups is 2. The lowest BCUT2D eigenvalue weighted by Crippen LogP contribution is -2.30. The zero-order valence-corrected chi connectivity index (χ0v) is 17.7. The highest BCUT2D eigenvalue weighted by atomic mass is 16.7. The van der Waals surface area contributed by atoms with Gasteiger partial charge >= 0.3 is 5.97 Å². The number of nitrogens with one attached hydrogen (secondary N) is 2. The minimum Gasteiger partial charge on any atom is -0.496 e. The Morgan fingerprint density at radius 2 is 1.81 bits per heavy atom. The van der Waals surface area contributed by atoms with Crippen LogP contribution in [0.1, 0.15) is 22.6 Å². The molecule has 1 atom stereocenters. The highest BCUT2D eigenvalue weighted by molar-refractivity contribution is 5.82. The average Bonchev–Trinajstić information content (AvgIpc) is 3.15. The first-order valence-electron chi connectivity index (χ1n) is 10.3. The second kappa shape index (κ2) is 9.98. The van der Waals surface area contributed by atoms with Crippen LogP contribution in [-0.4, -0.2) is 32.2 Å². The highest BCUT2D eigenvalue weighted by Gasteiger charge is 2.29. The van der Waals surface area contributed by atoms with Crippen molar-refractivity contribution in [2.24, 2.45) is 0 Å². The van der Waals surface area contributed by atoms with E-state index in [0.29, 0.717) is 5.75 Å². The Balaban J connectivity index is 1.23. The molecule has 0 heterocycles. The SMILES string of the molecule is COc1ccccc1CNC(=O)COC(=O)CONC1=C2C=CC=C[C@H]2c2ccccc21. The summed E-state index contributed by atoms with van der Waals surface area (Å²) in [4.78, 5) is 29.4. The maximum absolute atomic E-state index is 12.0. The number of esters is 1. The van der Waals surface area contributed by atoms with Crippen LogP contribution in [0.3, 0.4) is 0 Å². The number of methoxy groups -OCH3 is 1. The first kappa shape index (κ1) is 21.4. The van der Waals surface area contributed by atoms with E-state index in [1.165, 1.54) is 5.56 Å². The van der Waals surface area contributed by atoms with E-state index in [-0.39, 0.29) is 25.7 Å². The molecule has 2 aliphatic carbocycles. The fraction of sp³-hybridized carbons (Fsp3) is 0.200. The molecule has 0 saturated carbocycles. The smallest absolute Gasteiger partial charge is 0.335 e. The Labute approximate surface area is 186 Å². The third kappa shape index (κ3) is 4.73. The molecule has 4 rings (SSSR count). The van der Waals surface area contributed by atoms with Gasteiger partial charge in [-0.2, -0.15) is 0 Å². The van der Waals surface area contributed by atoms with Crippen molar-refractivity contribution in [3.05, 3.63) is 95.1 Å². The summed E-state index contributed by atoms with van der Waals surface area (Å²) in [6.07, 6.45) is 8.14. The zero-order chi connectivity index (χ0) is 22.3. The van der Waals surface area contributed by atoms with Crippen molar-refractivity contribution in [3.8, 4) is 5.75 Å². The van der Waals surface area contributed by atoms with E-state index in [1.54, 1.807) is 7.11 Å². The number of hydrogen-bond acceptors (Lipinski definition) is 6. The van der Waals surface area contributed by atoms with E-state index >= 15 is 0 Å². The van der Waals surface area contributed by atoms with E-state index in [1.807, 2.05) is 60.7 Å². The van der Waals surface area contributed by atoms with Crippen LogP contribution < -0.4 is 15.5 Å². The van der Waals surface area contributed by atoms with Crippen LogP contribution in [0.25, 0.3) is 5.70 Å². The summed E-state index contributed by atoms with van der Waals surface area (Å²) in [6.45, 7) is -0.440. The van der Waals surface area contributed by atoms with Crippen LogP contribution >= 0.6 is 0 Å². The largest absolute Gasteiger partial charge is 0.496 e. The minimum atomic E-state index is -0.641. The molecule has 7 nitrogen and oxygen atoms in total. The maximum Gasteiger partial charge on any atom is 0.335 e. The monoisotopic (exact) mass is 432 g/mol. The summed E-state index contributed by atoms with van der Waals surface area (Å²) >= 11 is 0. The molecular formula is C25H24N2O5. The molecule has 0 unspecified atom stereocenters. The second-order valence-electron chi connectivity index (χ2n) is 7.28. The molecule has 0 radical (unpaired) electrons. The molecule has 0 aromatic heterocycles. The number of hydrogen-bond donors (Lipinski definition) is 2. The summed E-state index contributed by atoms with van der Waals surface area (Å²) in [5.74, 6) is -0.203. The van der Waals surface area contributed by atoms with Gasteiger partial charge in [0.05, 0.1) is 12.8 Å². The summed E-state index contributed by atoms with van der Waals surface area (Å²) in [5, 5.41) is 2.70. The van der Waals surface area contributed by atoms with Crippen molar-refractivity contribution in [2.75, 3.05) is 20.3 Å². The number of allylic oxidation sites excluding steroid dienone is 5. The fourth-order valence-corrected chi connectivity index (χ4v) is 3.77. The second-order valence-corrected chi connectivity index (χ2v) is 7.28. The lowest BCUT2D eigenvalue weighted by Gasteiger charge is -2.13. The molecule has 0 fully saturated rings. The van der Waals surface area contributed by atoms with Crippen molar-refractivity contribution in [3.63, 3.8) is 0 Å². The van der Waals surface area contributed by atoms with Gasteiger partial charge in [0.15, 0.2) is 13.2 Å². The molecule has 32 heavy (non-hydrogen) atoms. The summed E-state index contributed by atoms with van der Waals surface area (Å²) < 4.78 is 10.2. The molecule has 164 valence electrons. The van der Waals surface area contributed by atoms with Crippen LogP contribution in [0.15, 0.2) is 78.4 Å². The summed E-state index contributed by atoms with van der Waals surface area (Å²) in [7, 11) is 1.57. The molecule has 0 spiro atoms. The van der Waals surface area contributed by atoms with Crippen molar-refractivity contribution in [1.82, 2.24) is 10.8 Å². The van der Waals surface area contributed by atoms with E-state index in [0.717, 1.165) is 22.4 Å². The van der Waals surface area contributed by atoms with Crippen LogP contribution in [0.2, 0.25) is 0 Å². The summed E-state index contributed by atoms with van der Waals surface area (Å²) in [6, 6.07) is 15.4. The lowest BCUT2D eigenvalue weighted by atomic mass is 9.92. The van der Waals surface area contributed by atoms with Crippen molar-refractivity contribution in [2.45, 2.75) is 12.5 Å². The van der Waals surface area contributed by atoms with E-state index in [9.17, 15) is 9.59 Å². The number of hydroxylamine groups is 1. The Morgan fingerprint density at radius 3 is 2.69 bits per heavy atom. The van der Waals surface area contributed by atoms with Gasteiger partial charge in [0.1, 0.15) is 5.75 Å². The molecule has 0 saturated heterocycles. The molecule has 0 bridgehead atoms. The van der Waals surface area contributed by atoms with Gasteiger partial charge in [0.25, 0.3) is 5.91 Å². The van der Waals surface area contributed by atoms with Crippen LogP contribution in [-0.2, 0) is 25.7 Å². The number of para-hydroxylation sites is 1.